The van der Waals surface area contributed by atoms with Gasteiger partial charge in [0.05, 0.1) is 9.82 Å². The van der Waals surface area contributed by atoms with Crippen LogP contribution in [0.15, 0.2) is 40.4 Å². The lowest BCUT2D eigenvalue weighted by molar-refractivity contribution is -0.388. The summed E-state index contributed by atoms with van der Waals surface area (Å²) >= 11 is 1.29. The molecule has 2 aromatic rings. The van der Waals surface area contributed by atoms with Crippen molar-refractivity contribution >= 4 is 23.1 Å². The minimum atomic E-state index is -0.438. The van der Waals surface area contributed by atoms with Gasteiger partial charge in [0.1, 0.15) is 6.20 Å². The van der Waals surface area contributed by atoms with Crippen LogP contribution >= 0.6 is 11.8 Å². The third-order valence-electron chi connectivity index (χ3n) is 2.92. The quantitative estimate of drug-likeness (QED) is 0.527. The van der Waals surface area contributed by atoms with E-state index in [1.54, 1.807) is 6.07 Å². The van der Waals surface area contributed by atoms with Gasteiger partial charge in [0, 0.05) is 16.8 Å². The van der Waals surface area contributed by atoms with Crippen molar-refractivity contribution in [3.05, 3.63) is 51.8 Å². The summed E-state index contributed by atoms with van der Waals surface area (Å²) in [6.07, 6.45) is 2.78. The molecule has 1 aromatic heterocycles. The van der Waals surface area contributed by atoms with E-state index in [1.807, 2.05) is 26.0 Å². The van der Waals surface area contributed by atoms with Gasteiger partial charge in [-0.25, -0.2) is 0 Å². The highest BCUT2D eigenvalue weighted by molar-refractivity contribution is 7.99. The van der Waals surface area contributed by atoms with Crippen LogP contribution in [0.4, 0.5) is 11.4 Å². The maximum absolute atomic E-state index is 10.9. The first kappa shape index (κ1) is 13.4. The molecule has 0 aliphatic carbocycles. The zero-order chi connectivity index (χ0) is 14.0. The van der Waals surface area contributed by atoms with Gasteiger partial charge < -0.3 is 5.73 Å². The lowest BCUT2D eigenvalue weighted by Crippen LogP contribution is -1.96. The van der Waals surface area contributed by atoms with Crippen molar-refractivity contribution in [1.82, 2.24) is 4.98 Å². The number of anilines is 1. The monoisotopic (exact) mass is 275 g/mol. The number of nitrogen functional groups attached to an aromatic ring is 1. The number of nitro groups is 1. The van der Waals surface area contributed by atoms with Crippen molar-refractivity contribution < 1.29 is 4.92 Å². The second-order valence-corrected chi connectivity index (χ2v) is 5.21. The molecule has 0 saturated carbocycles. The Kier molecular flexibility index (Phi) is 3.71. The highest BCUT2D eigenvalue weighted by Gasteiger charge is 2.16. The molecule has 2 rings (SSSR count). The minimum absolute atomic E-state index is 0.00914. The van der Waals surface area contributed by atoms with Gasteiger partial charge >= 0.3 is 5.69 Å². The molecule has 2 N–H and O–H groups in total. The molecule has 1 heterocycles. The summed E-state index contributed by atoms with van der Waals surface area (Å²) in [6.45, 7) is 3.92. The van der Waals surface area contributed by atoms with Gasteiger partial charge in [-0.1, -0.05) is 17.8 Å². The molecule has 0 amide bonds. The van der Waals surface area contributed by atoms with Crippen molar-refractivity contribution in [3.63, 3.8) is 0 Å². The Morgan fingerprint density at radius 2 is 2.00 bits per heavy atom. The van der Waals surface area contributed by atoms with E-state index in [-0.39, 0.29) is 5.69 Å². The van der Waals surface area contributed by atoms with Crippen LogP contribution in [0.1, 0.15) is 11.1 Å². The molecule has 19 heavy (non-hydrogen) atoms. The molecule has 0 atom stereocenters. The number of nitrogens with zero attached hydrogens (tertiary/aromatic N) is 2. The van der Waals surface area contributed by atoms with Crippen molar-refractivity contribution in [3.8, 4) is 0 Å². The van der Waals surface area contributed by atoms with Gasteiger partial charge in [-0.3, -0.25) is 15.1 Å². The first-order chi connectivity index (χ1) is 9.00. The zero-order valence-corrected chi connectivity index (χ0v) is 11.4. The molecule has 1 aromatic carbocycles. The summed E-state index contributed by atoms with van der Waals surface area (Å²) in [7, 11) is 0. The number of benzene rings is 1. The van der Waals surface area contributed by atoms with Crippen molar-refractivity contribution in [2.24, 2.45) is 0 Å². The smallest absolute Gasteiger partial charge is 0.301 e. The van der Waals surface area contributed by atoms with Gasteiger partial charge in [-0.2, -0.15) is 0 Å². The fraction of sp³-hybridized carbons (Fsp3) is 0.154. The summed E-state index contributed by atoms with van der Waals surface area (Å²) in [5, 5.41) is 10.9. The van der Waals surface area contributed by atoms with Crippen LogP contribution in [0.25, 0.3) is 0 Å². The molecule has 0 spiro atoms. The zero-order valence-electron chi connectivity index (χ0n) is 10.6. The largest absolute Gasteiger partial charge is 0.398 e. The van der Waals surface area contributed by atoms with Crippen molar-refractivity contribution in [2.45, 2.75) is 23.6 Å². The van der Waals surface area contributed by atoms with Crippen LogP contribution in [0.5, 0.6) is 0 Å². The van der Waals surface area contributed by atoms with Gasteiger partial charge in [0.25, 0.3) is 0 Å². The Balaban J connectivity index is 2.42. The lowest BCUT2D eigenvalue weighted by atomic mass is 10.1. The van der Waals surface area contributed by atoms with E-state index in [2.05, 4.69) is 4.98 Å². The van der Waals surface area contributed by atoms with Crippen LogP contribution < -0.4 is 5.73 Å². The number of aromatic nitrogens is 1. The predicted molar refractivity (Wildman–Crippen MR) is 75.3 cm³/mol. The number of rotatable bonds is 3. The second kappa shape index (κ2) is 5.27. The Morgan fingerprint density at radius 3 is 2.68 bits per heavy atom. The highest BCUT2D eigenvalue weighted by atomic mass is 32.2. The Labute approximate surface area is 115 Å². The van der Waals surface area contributed by atoms with Gasteiger partial charge in [0.15, 0.2) is 0 Å². The number of nitrogens with two attached hydrogens (primary N) is 1. The highest BCUT2D eigenvalue weighted by Crippen LogP contribution is 2.38. The SMILES string of the molecule is Cc1ccc(Sc2ccncc2[N+](=O)[O-])c(N)c1C. The van der Waals surface area contributed by atoms with E-state index in [4.69, 9.17) is 5.73 Å². The maximum Gasteiger partial charge on any atom is 0.301 e. The average molecular weight is 275 g/mol. The van der Waals surface area contributed by atoms with E-state index in [1.165, 1.54) is 24.2 Å². The molecule has 5 nitrogen and oxygen atoms in total. The molecule has 0 unspecified atom stereocenters. The van der Waals surface area contributed by atoms with Crippen LogP contribution in [0.2, 0.25) is 0 Å². The maximum atomic E-state index is 10.9. The predicted octanol–water partition coefficient (Wildman–Crippen LogP) is 3.34. The standard InChI is InChI=1S/C13H13N3O2S/c1-8-3-4-12(13(14)9(8)2)19-11-5-6-15-7-10(11)16(17)18/h3-7H,14H2,1-2H3. The fourth-order valence-corrected chi connectivity index (χ4v) is 2.61. The van der Waals surface area contributed by atoms with E-state index in [9.17, 15) is 10.1 Å². The first-order valence-corrected chi connectivity index (χ1v) is 6.44. The summed E-state index contributed by atoms with van der Waals surface area (Å²) in [6, 6.07) is 5.46. The number of aryl methyl sites for hydroxylation is 1. The van der Waals surface area contributed by atoms with Crippen LogP contribution in [-0.4, -0.2) is 9.91 Å². The first-order valence-electron chi connectivity index (χ1n) is 5.62. The second-order valence-electron chi connectivity index (χ2n) is 4.12. The van der Waals surface area contributed by atoms with Crippen LogP contribution in [-0.2, 0) is 0 Å². The average Bonchev–Trinajstić information content (AvgIpc) is 2.40. The molecular formula is C13H13N3O2S. The topological polar surface area (TPSA) is 82.0 Å². The summed E-state index contributed by atoms with van der Waals surface area (Å²) < 4.78 is 0. The molecule has 0 radical (unpaired) electrons. The summed E-state index contributed by atoms with van der Waals surface area (Å²) in [4.78, 5) is 15.6. The van der Waals surface area contributed by atoms with Gasteiger partial charge in [0.2, 0.25) is 0 Å². The van der Waals surface area contributed by atoms with Crippen molar-refractivity contribution in [2.75, 3.05) is 5.73 Å². The Morgan fingerprint density at radius 1 is 1.26 bits per heavy atom. The van der Waals surface area contributed by atoms with E-state index in [0.717, 1.165) is 16.0 Å². The van der Waals surface area contributed by atoms with E-state index in [0.29, 0.717) is 10.6 Å². The minimum Gasteiger partial charge on any atom is -0.398 e. The fourth-order valence-electron chi connectivity index (χ4n) is 1.62. The lowest BCUT2D eigenvalue weighted by Gasteiger charge is -2.10. The van der Waals surface area contributed by atoms with Crippen LogP contribution in [0.3, 0.4) is 0 Å². The summed E-state index contributed by atoms with van der Waals surface area (Å²) in [5.74, 6) is 0. The molecular weight excluding hydrogens is 262 g/mol. The number of pyridine rings is 1. The molecule has 0 aliphatic heterocycles. The van der Waals surface area contributed by atoms with E-state index >= 15 is 0 Å². The van der Waals surface area contributed by atoms with Crippen molar-refractivity contribution in [1.29, 1.82) is 0 Å². The Bertz CT molecular complexity index is 644. The van der Waals surface area contributed by atoms with Gasteiger partial charge in [-0.15, -0.1) is 0 Å². The summed E-state index contributed by atoms with van der Waals surface area (Å²) in [5.41, 5.74) is 8.81. The molecule has 0 aliphatic rings. The van der Waals surface area contributed by atoms with Crippen LogP contribution in [0, 0.1) is 24.0 Å². The number of hydrogen-bond acceptors (Lipinski definition) is 5. The normalized spacial score (nSPS) is 10.4. The molecule has 0 bridgehead atoms. The molecule has 6 heteroatoms. The van der Waals surface area contributed by atoms with Gasteiger partial charge in [-0.05, 0) is 37.1 Å². The molecule has 0 saturated heterocycles. The molecule has 98 valence electrons. The third-order valence-corrected chi connectivity index (χ3v) is 4.06. The Hall–Kier alpha value is -2.08. The third kappa shape index (κ3) is 2.68. The molecule has 0 fully saturated rings. The van der Waals surface area contributed by atoms with E-state index < -0.39 is 4.92 Å². The number of hydrogen-bond donors (Lipinski definition) is 1.